The highest BCUT2D eigenvalue weighted by atomic mass is 32.2. The number of hydrogen-bond acceptors (Lipinski definition) is 5. The molecule has 1 aliphatic rings. The summed E-state index contributed by atoms with van der Waals surface area (Å²) in [5.74, 6) is 2.41. The summed E-state index contributed by atoms with van der Waals surface area (Å²) in [4.78, 5) is 7.85. The van der Waals surface area contributed by atoms with E-state index in [9.17, 15) is 0 Å². The van der Waals surface area contributed by atoms with Gasteiger partial charge in [0.25, 0.3) is 0 Å². The number of aromatic nitrogens is 1. The number of rotatable bonds is 7. The Labute approximate surface area is 231 Å². The number of furan rings is 1. The molecule has 1 fully saturated rings. The molecule has 2 atom stereocenters. The van der Waals surface area contributed by atoms with Crippen molar-refractivity contribution in [2.75, 3.05) is 4.90 Å². The zero-order valence-electron chi connectivity index (χ0n) is 20.7. The number of benzene rings is 3. The highest BCUT2D eigenvalue weighted by Crippen LogP contribution is 2.43. The van der Waals surface area contributed by atoms with Crippen LogP contribution in [-0.4, -0.2) is 10.1 Å². The minimum Gasteiger partial charge on any atom is -0.457 e. The van der Waals surface area contributed by atoms with E-state index in [1.54, 1.807) is 18.0 Å². The highest BCUT2D eigenvalue weighted by molar-refractivity contribution is 7.99. The van der Waals surface area contributed by atoms with Crippen molar-refractivity contribution >= 4 is 34.8 Å². The normalized spacial score (nSPS) is 16.9. The van der Waals surface area contributed by atoms with Gasteiger partial charge < -0.3 is 19.4 Å². The van der Waals surface area contributed by atoms with Crippen LogP contribution in [0.2, 0.25) is 0 Å². The van der Waals surface area contributed by atoms with Crippen LogP contribution >= 0.6 is 24.0 Å². The number of hydrogen-bond donors (Lipinski definition) is 1. The molecular weight excluding hydrogens is 510 g/mol. The standard InChI is InChI=1S/C31H25N3O2S2/c1-21-9-5-6-13-26(21)35-23-16-14-22(15-17-23)34-30(29(33-31(34)37)25-12-7-8-20-32-25)27-18-19-28(36-27)38-24-10-3-2-4-11-24/h2-20,29-30H,1H3,(H,33,37)/t29-,30+/m1/s1. The van der Waals surface area contributed by atoms with E-state index < -0.39 is 0 Å². The maximum absolute atomic E-state index is 6.41. The summed E-state index contributed by atoms with van der Waals surface area (Å²) in [5, 5.41) is 4.93. The summed E-state index contributed by atoms with van der Waals surface area (Å²) in [6.45, 7) is 2.04. The first-order valence-corrected chi connectivity index (χ1v) is 13.5. The summed E-state index contributed by atoms with van der Waals surface area (Å²) < 4.78 is 12.5. The van der Waals surface area contributed by atoms with Gasteiger partial charge >= 0.3 is 0 Å². The molecule has 0 bridgehead atoms. The first kappa shape index (κ1) is 24.3. The van der Waals surface area contributed by atoms with Crippen molar-refractivity contribution in [3.63, 3.8) is 0 Å². The van der Waals surface area contributed by atoms with E-state index in [1.165, 1.54) is 0 Å². The van der Waals surface area contributed by atoms with Crippen LogP contribution in [0.1, 0.15) is 29.1 Å². The summed E-state index contributed by atoms with van der Waals surface area (Å²) in [5.41, 5.74) is 2.93. The molecule has 0 unspecified atom stereocenters. The first-order chi connectivity index (χ1) is 18.7. The molecule has 0 amide bonds. The molecule has 1 saturated heterocycles. The van der Waals surface area contributed by atoms with Gasteiger partial charge in [0.2, 0.25) is 0 Å². The molecule has 7 heteroatoms. The van der Waals surface area contributed by atoms with Gasteiger partial charge in [-0.15, -0.1) is 0 Å². The van der Waals surface area contributed by atoms with E-state index in [0.29, 0.717) is 5.11 Å². The fourth-order valence-electron chi connectivity index (χ4n) is 4.55. The van der Waals surface area contributed by atoms with E-state index in [-0.39, 0.29) is 12.1 Å². The molecule has 3 aromatic carbocycles. The van der Waals surface area contributed by atoms with E-state index >= 15 is 0 Å². The van der Waals surface area contributed by atoms with Crippen LogP contribution in [0.25, 0.3) is 0 Å². The molecule has 1 N–H and O–H groups in total. The lowest BCUT2D eigenvalue weighted by Gasteiger charge is -2.26. The molecule has 0 spiro atoms. The van der Waals surface area contributed by atoms with Crippen molar-refractivity contribution in [2.24, 2.45) is 0 Å². The van der Waals surface area contributed by atoms with Gasteiger partial charge in [-0.1, -0.05) is 54.2 Å². The molecule has 3 heterocycles. The largest absolute Gasteiger partial charge is 0.457 e. The van der Waals surface area contributed by atoms with Crippen LogP contribution in [0.15, 0.2) is 130 Å². The number of ether oxygens (including phenoxy) is 1. The average molecular weight is 536 g/mol. The molecule has 188 valence electrons. The Morgan fingerprint density at radius 3 is 2.39 bits per heavy atom. The summed E-state index contributed by atoms with van der Waals surface area (Å²) in [7, 11) is 0. The Balaban J connectivity index is 1.32. The quantitative estimate of drug-likeness (QED) is 0.211. The lowest BCUT2D eigenvalue weighted by Crippen LogP contribution is -2.29. The highest BCUT2D eigenvalue weighted by Gasteiger charge is 2.42. The Kier molecular flexibility index (Phi) is 6.86. The summed E-state index contributed by atoms with van der Waals surface area (Å²) in [6, 6.07) is 35.7. The van der Waals surface area contributed by atoms with Crippen LogP contribution in [0.4, 0.5) is 5.69 Å². The number of aryl methyl sites for hydroxylation is 1. The van der Waals surface area contributed by atoms with Gasteiger partial charge in [-0.3, -0.25) is 4.98 Å². The molecule has 0 radical (unpaired) electrons. The van der Waals surface area contributed by atoms with Crippen LogP contribution in [0.5, 0.6) is 11.5 Å². The van der Waals surface area contributed by atoms with Crippen molar-refractivity contribution in [2.45, 2.75) is 29.0 Å². The number of anilines is 1. The maximum atomic E-state index is 6.41. The van der Waals surface area contributed by atoms with Crippen LogP contribution in [0, 0.1) is 6.92 Å². The smallest absolute Gasteiger partial charge is 0.174 e. The molecule has 6 rings (SSSR count). The molecule has 0 saturated carbocycles. The minimum atomic E-state index is -0.217. The third-order valence-corrected chi connectivity index (χ3v) is 7.63. The van der Waals surface area contributed by atoms with Gasteiger partial charge in [-0.25, -0.2) is 0 Å². The van der Waals surface area contributed by atoms with Crippen molar-refractivity contribution in [1.82, 2.24) is 10.3 Å². The fraction of sp³-hybridized carbons (Fsp3) is 0.0968. The Morgan fingerprint density at radius 1 is 0.868 bits per heavy atom. The second-order valence-electron chi connectivity index (χ2n) is 8.93. The van der Waals surface area contributed by atoms with Gasteiger partial charge in [0, 0.05) is 16.8 Å². The Morgan fingerprint density at radius 2 is 1.63 bits per heavy atom. The van der Waals surface area contributed by atoms with Gasteiger partial charge in [0.05, 0.1) is 11.7 Å². The van der Waals surface area contributed by atoms with Crippen LogP contribution in [0.3, 0.4) is 0 Å². The SMILES string of the molecule is Cc1ccccc1Oc1ccc(N2C(=S)N[C@H](c3ccccn3)[C@@H]2c2ccc(Sc3ccccc3)o2)cc1. The average Bonchev–Trinajstić information content (AvgIpc) is 3.55. The Bertz CT molecular complexity index is 1540. The summed E-state index contributed by atoms with van der Waals surface area (Å²) >= 11 is 7.45. The third kappa shape index (κ3) is 5.03. The monoisotopic (exact) mass is 535 g/mol. The zero-order valence-corrected chi connectivity index (χ0v) is 22.3. The third-order valence-electron chi connectivity index (χ3n) is 6.39. The van der Waals surface area contributed by atoms with Gasteiger partial charge in [0.15, 0.2) is 10.2 Å². The van der Waals surface area contributed by atoms with E-state index in [1.807, 2.05) is 104 Å². The number of nitrogens with one attached hydrogen (secondary N) is 1. The molecule has 5 nitrogen and oxygen atoms in total. The number of para-hydroxylation sites is 1. The van der Waals surface area contributed by atoms with Crippen LogP contribution in [-0.2, 0) is 0 Å². The second kappa shape index (κ2) is 10.7. The predicted molar refractivity (Wildman–Crippen MR) is 155 cm³/mol. The molecular formula is C31H25N3O2S2. The van der Waals surface area contributed by atoms with Crippen molar-refractivity contribution in [3.8, 4) is 11.5 Å². The van der Waals surface area contributed by atoms with E-state index in [4.69, 9.17) is 21.4 Å². The van der Waals surface area contributed by atoms with Gasteiger partial charge in [-0.05, 0) is 91.4 Å². The lowest BCUT2D eigenvalue weighted by molar-refractivity contribution is 0.383. The topological polar surface area (TPSA) is 50.5 Å². The molecule has 1 aliphatic heterocycles. The fourth-order valence-corrected chi connectivity index (χ4v) is 5.69. The van der Waals surface area contributed by atoms with Gasteiger partial charge in [0.1, 0.15) is 23.3 Å². The predicted octanol–water partition coefficient (Wildman–Crippen LogP) is 8.10. The molecule has 5 aromatic rings. The van der Waals surface area contributed by atoms with Crippen LogP contribution < -0.4 is 15.0 Å². The van der Waals surface area contributed by atoms with Gasteiger partial charge in [-0.2, -0.15) is 0 Å². The van der Waals surface area contributed by atoms with E-state index in [0.717, 1.165) is 44.2 Å². The lowest BCUT2D eigenvalue weighted by atomic mass is 10.0. The Hall–Kier alpha value is -4.07. The maximum Gasteiger partial charge on any atom is 0.174 e. The summed E-state index contributed by atoms with van der Waals surface area (Å²) in [6.07, 6.45) is 1.80. The number of pyridine rings is 1. The van der Waals surface area contributed by atoms with Crippen molar-refractivity contribution < 1.29 is 9.15 Å². The molecule has 38 heavy (non-hydrogen) atoms. The second-order valence-corrected chi connectivity index (χ2v) is 10.4. The minimum absolute atomic E-state index is 0.174. The van der Waals surface area contributed by atoms with Crippen molar-refractivity contribution in [3.05, 3.63) is 132 Å². The van der Waals surface area contributed by atoms with Crippen molar-refractivity contribution in [1.29, 1.82) is 0 Å². The zero-order chi connectivity index (χ0) is 25.9. The first-order valence-electron chi connectivity index (χ1n) is 12.3. The van der Waals surface area contributed by atoms with E-state index in [2.05, 4.69) is 27.3 Å². The molecule has 0 aliphatic carbocycles. The number of nitrogens with zero attached hydrogens (tertiary/aromatic N) is 2. The molecule has 2 aromatic heterocycles. The number of thiocarbonyl (C=S) groups is 1.